The molecular weight excluding hydrogens is 324 g/mol. The third kappa shape index (κ3) is 4.41. The van der Waals surface area contributed by atoms with Crippen molar-refractivity contribution in [3.63, 3.8) is 0 Å². The molecule has 0 aromatic heterocycles. The first kappa shape index (κ1) is 18.1. The zero-order chi connectivity index (χ0) is 18.2. The highest BCUT2D eigenvalue weighted by atomic mass is 16.5. The number of hydrogen-bond acceptors (Lipinski definition) is 6. The SMILES string of the molecule is COc1ccc(/C=N/NC(=O)c2cc(OC)c(OC)c(OC)c2)cc1. The lowest BCUT2D eigenvalue weighted by Gasteiger charge is -2.13. The van der Waals surface area contributed by atoms with E-state index in [1.54, 1.807) is 19.2 Å². The van der Waals surface area contributed by atoms with Gasteiger partial charge in [0.05, 0.1) is 34.7 Å². The molecule has 0 saturated carbocycles. The molecule has 2 aromatic rings. The Morgan fingerprint density at radius 2 is 1.52 bits per heavy atom. The number of carbonyl (C=O) groups is 1. The van der Waals surface area contributed by atoms with Crippen molar-refractivity contribution in [2.45, 2.75) is 0 Å². The quantitative estimate of drug-likeness (QED) is 0.617. The van der Waals surface area contributed by atoms with Crippen molar-refractivity contribution in [3.8, 4) is 23.0 Å². The first-order chi connectivity index (χ1) is 12.1. The summed E-state index contributed by atoms with van der Waals surface area (Å²) in [5, 5.41) is 3.95. The average molecular weight is 344 g/mol. The van der Waals surface area contributed by atoms with Crippen LogP contribution in [0.3, 0.4) is 0 Å². The van der Waals surface area contributed by atoms with Gasteiger partial charge in [0.2, 0.25) is 5.75 Å². The molecule has 25 heavy (non-hydrogen) atoms. The molecule has 0 bridgehead atoms. The number of hydrazone groups is 1. The summed E-state index contributed by atoms with van der Waals surface area (Å²) in [7, 11) is 6.07. The van der Waals surface area contributed by atoms with E-state index in [1.165, 1.54) is 27.5 Å². The number of methoxy groups -OCH3 is 4. The van der Waals surface area contributed by atoms with Gasteiger partial charge >= 0.3 is 0 Å². The highest BCUT2D eigenvalue weighted by Gasteiger charge is 2.16. The lowest BCUT2D eigenvalue weighted by atomic mass is 10.1. The summed E-state index contributed by atoms with van der Waals surface area (Å²) in [5.41, 5.74) is 3.62. The van der Waals surface area contributed by atoms with Crippen molar-refractivity contribution in [2.75, 3.05) is 28.4 Å². The van der Waals surface area contributed by atoms with Crippen molar-refractivity contribution in [2.24, 2.45) is 5.10 Å². The van der Waals surface area contributed by atoms with E-state index in [-0.39, 0.29) is 0 Å². The molecule has 1 amide bonds. The van der Waals surface area contributed by atoms with E-state index >= 15 is 0 Å². The lowest BCUT2D eigenvalue weighted by molar-refractivity contribution is 0.0954. The number of rotatable bonds is 7. The van der Waals surface area contributed by atoms with Crippen LogP contribution in [0.5, 0.6) is 23.0 Å². The molecule has 0 fully saturated rings. The molecule has 7 nitrogen and oxygen atoms in total. The van der Waals surface area contributed by atoms with Crippen LogP contribution >= 0.6 is 0 Å². The molecule has 2 rings (SSSR count). The average Bonchev–Trinajstić information content (AvgIpc) is 2.67. The highest BCUT2D eigenvalue weighted by Crippen LogP contribution is 2.38. The maximum absolute atomic E-state index is 12.3. The van der Waals surface area contributed by atoms with Gasteiger partial charge in [-0.1, -0.05) is 0 Å². The second kappa shape index (κ2) is 8.58. The standard InChI is InChI=1S/C18H20N2O5/c1-22-14-7-5-12(6-8-14)11-19-20-18(21)13-9-15(23-2)17(25-4)16(10-13)24-3/h5-11H,1-4H3,(H,20,21)/b19-11+. The number of carbonyl (C=O) groups excluding carboxylic acids is 1. The minimum atomic E-state index is -0.399. The highest BCUT2D eigenvalue weighted by molar-refractivity contribution is 5.96. The van der Waals surface area contributed by atoms with Crippen LogP contribution in [0.25, 0.3) is 0 Å². The van der Waals surface area contributed by atoms with Crippen LogP contribution in [-0.4, -0.2) is 40.6 Å². The smallest absolute Gasteiger partial charge is 0.271 e. The van der Waals surface area contributed by atoms with Crippen LogP contribution < -0.4 is 24.4 Å². The Kier molecular flexibility index (Phi) is 6.22. The Balaban J connectivity index is 2.13. The molecule has 0 aliphatic heterocycles. The summed E-state index contributed by atoms with van der Waals surface area (Å²) in [5.74, 6) is 1.56. The Bertz CT molecular complexity index is 732. The Labute approximate surface area is 146 Å². The Morgan fingerprint density at radius 1 is 0.920 bits per heavy atom. The van der Waals surface area contributed by atoms with Crippen molar-refractivity contribution in [1.29, 1.82) is 0 Å². The molecule has 1 N–H and O–H groups in total. The molecule has 0 saturated heterocycles. The predicted octanol–water partition coefficient (Wildman–Crippen LogP) is 2.48. The minimum Gasteiger partial charge on any atom is -0.497 e. The summed E-state index contributed by atoms with van der Waals surface area (Å²) < 4.78 is 20.8. The van der Waals surface area contributed by atoms with Gasteiger partial charge < -0.3 is 18.9 Å². The van der Waals surface area contributed by atoms with Gasteiger partial charge in [-0.05, 0) is 42.0 Å². The number of hydrogen-bond donors (Lipinski definition) is 1. The normalized spacial score (nSPS) is 10.4. The van der Waals surface area contributed by atoms with Gasteiger partial charge in [-0.3, -0.25) is 4.79 Å². The van der Waals surface area contributed by atoms with E-state index in [1.807, 2.05) is 24.3 Å². The maximum Gasteiger partial charge on any atom is 0.271 e. The lowest BCUT2D eigenvalue weighted by Crippen LogP contribution is -2.18. The predicted molar refractivity (Wildman–Crippen MR) is 94.2 cm³/mol. The molecule has 0 aliphatic rings. The van der Waals surface area contributed by atoms with Crippen LogP contribution in [0.2, 0.25) is 0 Å². The molecule has 7 heteroatoms. The van der Waals surface area contributed by atoms with Gasteiger partial charge in [-0.2, -0.15) is 5.10 Å². The Morgan fingerprint density at radius 3 is 2.00 bits per heavy atom. The van der Waals surface area contributed by atoms with Crippen LogP contribution in [0.4, 0.5) is 0 Å². The first-order valence-corrected chi connectivity index (χ1v) is 7.40. The zero-order valence-electron chi connectivity index (χ0n) is 14.5. The van der Waals surface area contributed by atoms with E-state index in [0.29, 0.717) is 22.8 Å². The zero-order valence-corrected chi connectivity index (χ0v) is 14.5. The fourth-order valence-corrected chi connectivity index (χ4v) is 2.13. The van der Waals surface area contributed by atoms with Gasteiger partial charge in [-0.25, -0.2) is 5.43 Å². The second-order valence-corrected chi connectivity index (χ2v) is 4.89. The third-order valence-corrected chi connectivity index (χ3v) is 3.42. The summed E-state index contributed by atoms with van der Waals surface area (Å²) in [6.45, 7) is 0. The summed E-state index contributed by atoms with van der Waals surface area (Å²) in [6, 6.07) is 10.4. The molecular formula is C18H20N2O5. The summed E-state index contributed by atoms with van der Waals surface area (Å²) in [6.07, 6.45) is 1.54. The number of benzene rings is 2. The van der Waals surface area contributed by atoms with Gasteiger partial charge in [0.25, 0.3) is 5.91 Å². The largest absolute Gasteiger partial charge is 0.497 e. The molecule has 0 unspecified atom stereocenters. The fraction of sp³-hybridized carbons (Fsp3) is 0.222. The third-order valence-electron chi connectivity index (χ3n) is 3.42. The van der Waals surface area contributed by atoms with Crippen LogP contribution in [-0.2, 0) is 0 Å². The molecule has 0 spiro atoms. The van der Waals surface area contributed by atoms with Crippen LogP contribution in [0.15, 0.2) is 41.5 Å². The van der Waals surface area contributed by atoms with Crippen molar-refractivity contribution in [3.05, 3.63) is 47.5 Å². The molecule has 2 aromatic carbocycles. The van der Waals surface area contributed by atoms with Crippen molar-refractivity contribution in [1.82, 2.24) is 5.43 Å². The number of amides is 1. The summed E-state index contributed by atoms with van der Waals surface area (Å²) in [4.78, 5) is 12.3. The van der Waals surface area contributed by atoms with E-state index in [0.717, 1.165) is 11.3 Å². The van der Waals surface area contributed by atoms with Gasteiger partial charge in [0, 0.05) is 5.56 Å². The van der Waals surface area contributed by atoms with E-state index in [4.69, 9.17) is 18.9 Å². The maximum atomic E-state index is 12.3. The minimum absolute atomic E-state index is 0.335. The fourth-order valence-electron chi connectivity index (χ4n) is 2.13. The van der Waals surface area contributed by atoms with Crippen LogP contribution in [0, 0.1) is 0 Å². The summed E-state index contributed by atoms with van der Waals surface area (Å²) >= 11 is 0. The van der Waals surface area contributed by atoms with Gasteiger partial charge in [0.15, 0.2) is 11.5 Å². The van der Waals surface area contributed by atoms with Gasteiger partial charge in [0.1, 0.15) is 5.75 Å². The number of nitrogens with one attached hydrogen (secondary N) is 1. The topological polar surface area (TPSA) is 78.4 Å². The number of nitrogens with zero attached hydrogens (tertiary/aromatic N) is 1. The van der Waals surface area contributed by atoms with Crippen molar-refractivity contribution < 1.29 is 23.7 Å². The molecule has 0 atom stereocenters. The van der Waals surface area contributed by atoms with E-state index in [2.05, 4.69) is 10.5 Å². The monoisotopic (exact) mass is 344 g/mol. The first-order valence-electron chi connectivity index (χ1n) is 7.40. The van der Waals surface area contributed by atoms with Gasteiger partial charge in [-0.15, -0.1) is 0 Å². The molecule has 132 valence electrons. The van der Waals surface area contributed by atoms with Crippen molar-refractivity contribution >= 4 is 12.1 Å². The van der Waals surface area contributed by atoms with Crippen LogP contribution in [0.1, 0.15) is 15.9 Å². The van der Waals surface area contributed by atoms with E-state index in [9.17, 15) is 4.79 Å². The second-order valence-electron chi connectivity index (χ2n) is 4.89. The molecule has 0 heterocycles. The molecule has 0 radical (unpaired) electrons. The Hall–Kier alpha value is -3.22. The van der Waals surface area contributed by atoms with E-state index < -0.39 is 5.91 Å². The molecule has 0 aliphatic carbocycles. The number of ether oxygens (including phenoxy) is 4.